The van der Waals surface area contributed by atoms with E-state index in [1.165, 1.54) is 9.80 Å². The van der Waals surface area contributed by atoms with E-state index < -0.39 is 17.4 Å². The summed E-state index contributed by atoms with van der Waals surface area (Å²) in [4.78, 5) is 57.9. The number of fused-ring (bicyclic) bond motifs is 4. The molecule has 39 heavy (non-hydrogen) atoms. The molecule has 0 radical (unpaired) electrons. The van der Waals surface area contributed by atoms with Crippen molar-refractivity contribution in [2.45, 2.75) is 38.4 Å². The first-order valence-corrected chi connectivity index (χ1v) is 13.3. The quantitative estimate of drug-likeness (QED) is 0.484. The fraction of sp³-hybridized carbons (Fsp3) is 0.290. The van der Waals surface area contributed by atoms with Crippen molar-refractivity contribution in [1.82, 2.24) is 10.2 Å². The standard InChI is InChI=1S/C31H30N4O4/c1-3-23-26-27(29(38)35(28(26)37)17-20-9-5-4-6-10-20)31(33-23)22-11-7-8-12-24(22)34(30(31)39)18-25(36)32-21-15-13-19(2)14-16-21/h4-16,23,26-27,33H,3,17-18H2,1-2H3,(H,32,36)/t23-,26-,27+,31+/m0/s1. The van der Waals surface area contributed by atoms with Gasteiger partial charge in [-0.2, -0.15) is 0 Å². The maximum absolute atomic E-state index is 14.3. The number of carbonyl (C=O) groups excluding carboxylic acids is 4. The van der Waals surface area contributed by atoms with Crippen molar-refractivity contribution in [3.8, 4) is 0 Å². The van der Waals surface area contributed by atoms with E-state index >= 15 is 0 Å². The number of imide groups is 1. The Morgan fingerprint density at radius 3 is 2.31 bits per heavy atom. The van der Waals surface area contributed by atoms with Crippen molar-refractivity contribution in [2.24, 2.45) is 11.8 Å². The molecule has 3 heterocycles. The number of rotatable bonds is 6. The second-order valence-electron chi connectivity index (χ2n) is 10.5. The van der Waals surface area contributed by atoms with Gasteiger partial charge in [-0.3, -0.25) is 29.4 Å². The zero-order chi connectivity index (χ0) is 27.3. The largest absolute Gasteiger partial charge is 0.325 e. The minimum Gasteiger partial charge on any atom is -0.325 e. The minimum atomic E-state index is -1.41. The Hall–Kier alpha value is -4.30. The smallest absolute Gasteiger partial charge is 0.253 e. The highest BCUT2D eigenvalue weighted by atomic mass is 16.2. The zero-order valence-corrected chi connectivity index (χ0v) is 21.9. The van der Waals surface area contributed by atoms with E-state index in [1.807, 2.05) is 86.6 Å². The van der Waals surface area contributed by atoms with Crippen molar-refractivity contribution < 1.29 is 19.2 Å². The van der Waals surface area contributed by atoms with Gasteiger partial charge in [0.2, 0.25) is 17.7 Å². The summed E-state index contributed by atoms with van der Waals surface area (Å²) < 4.78 is 0. The van der Waals surface area contributed by atoms with Crippen molar-refractivity contribution >= 4 is 35.0 Å². The van der Waals surface area contributed by atoms with Gasteiger partial charge in [-0.25, -0.2) is 0 Å². The van der Waals surface area contributed by atoms with Crippen LogP contribution < -0.4 is 15.5 Å². The Kier molecular flexibility index (Phi) is 6.07. The van der Waals surface area contributed by atoms with Gasteiger partial charge in [0.1, 0.15) is 12.1 Å². The van der Waals surface area contributed by atoms with Gasteiger partial charge in [0.05, 0.1) is 18.4 Å². The number of anilines is 2. The average molecular weight is 523 g/mol. The molecule has 8 heteroatoms. The fourth-order valence-corrected chi connectivity index (χ4v) is 6.42. The molecule has 0 aromatic heterocycles. The molecule has 4 amide bonds. The van der Waals surface area contributed by atoms with Crippen molar-refractivity contribution in [3.05, 3.63) is 95.6 Å². The van der Waals surface area contributed by atoms with Crippen LogP contribution in [0.5, 0.6) is 0 Å². The monoisotopic (exact) mass is 522 g/mol. The van der Waals surface area contributed by atoms with E-state index in [0.29, 0.717) is 23.4 Å². The molecule has 2 fully saturated rings. The average Bonchev–Trinajstić information content (AvgIpc) is 3.51. The van der Waals surface area contributed by atoms with Gasteiger partial charge in [-0.05, 0) is 37.1 Å². The van der Waals surface area contributed by atoms with Crippen LogP contribution in [0.15, 0.2) is 78.9 Å². The summed E-state index contributed by atoms with van der Waals surface area (Å²) in [7, 11) is 0. The van der Waals surface area contributed by atoms with Gasteiger partial charge in [-0.15, -0.1) is 0 Å². The SMILES string of the molecule is CC[C@@H]1N[C@@]2(C(=O)N(CC(=O)Nc3ccc(C)cc3)c3ccccc32)[C@H]2C(=O)N(Cc3ccccc3)C(=O)[C@@H]12. The summed E-state index contributed by atoms with van der Waals surface area (Å²) in [5, 5.41) is 6.30. The lowest BCUT2D eigenvalue weighted by molar-refractivity contribution is -0.143. The second-order valence-corrected chi connectivity index (χ2v) is 10.5. The molecule has 3 aromatic rings. The number of hydrogen-bond acceptors (Lipinski definition) is 5. The molecule has 2 N–H and O–H groups in total. The van der Waals surface area contributed by atoms with E-state index in [1.54, 1.807) is 6.07 Å². The maximum atomic E-state index is 14.3. The van der Waals surface area contributed by atoms with Crippen LogP contribution in [0.1, 0.15) is 30.0 Å². The van der Waals surface area contributed by atoms with Crippen LogP contribution in [-0.4, -0.2) is 41.1 Å². The van der Waals surface area contributed by atoms with Crippen molar-refractivity contribution in [2.75, 3.05) is 16.8 Å². The summed E-state index contributed by atoms with van der Waals surface area (Å²) in [5.74, 6) is -2.89. The maximum Gasteiger partial charge on any atom is 0.253 e. The number of aryl methyl sites for hydroxylation is 1. The molecular weight excluding hydrogens is 492 g/mol. The molecule has 6 rings (SSSR count). The number of amides is 4. The lowest BCUT2D eigenvalue weighted by atomic mass is 9.76. The Morgan fingerprint density at radius 2 is 1.59 bits per heavy atom. The molecule has 0 saturated carbocycles. The van der Waals surface area contributed by atoms with E-state index in [9.17, 15) is 19.2 Å². The summed E-state index contributed by atoms with van der Waals surface area (Å²) in [6.45, 7) is 3.86. The van der Waals surface area contributed by atoms with Crippen LogP contribution >= 0.6 is 0 Å². The molecule has 4 atom stereocenters. The number of nitrogens with zero attached hydrogens (tertiary/aromatic N) is 2. The molecule has 3 aliphatic rings. The van der Waals surface area contributed by atoms with Crippen LogP contribution in [0.25, 0.3) is 0 Å². The molecule has 3 aromatic carbocycles. The summed E-state index contributed by atoms with van der Waals surface area (Å²) in [5.41, 5.74) is 2.35. The van der Waals surface area contributed by atoms with Gasteiger partial charge in [0.25, 0.3) is 5.91 Å². The fourth-order valence-electron chi connectivity index (χ4n) is 6.42. The highest BCUT2D eigenvalue weighted by Gasteiger charge is 2.71. The van der Waals surface area contributed by atoms with Gasteiger partial charge in [0, 0.05) is 23.0 Å². The van der Waals surface area contributed by atoms with Crippen LogP contribution in [0.3, 0.4) is 0 Å². The first-order chi connectivity index (χ1) is 18.8. The molecule has 1 spiro atoms. The minimum absolute atomic E-state index is 0.163. The molecule has 3 aliphatic heterocycles. The number of nitrogens with one attached hydrogen (secondary N) is 2. The van der Waals surface area contributed by atoms with Crippen molar-refractivity contribution in [1.29, 1.82) is 0 Å². The number of hydrogen-bond donors (Lipinski definition) is 2. The van der Waals surface area contributed by atoms with Crippen LogP contribution in [0.4, 0.5) is 11.4 Å². The summed E-state index contributed by atoms with van der Waals surface area (Å²) in [6, 6.07) is 23.7. The van der Waals surface area contributed by atoms with E-state index in [4.69, 9.17) is 0 Å². The van der Waals surface area contributed by atoms with Crippen LogP contribution in [0, 0.1) is 18.8 Å². The van der Waals surface area contributed by atoms with Gasteiger partial charge < -0.3 is 10.2 Å². The third kappa shape index (κ3) is 3.86. The molecular formula is C31H30N4O4. The Balaban J connectivity index is 1.35. The highest BCUT2D eigenvalue weighted by Crippen LogP contribution is 2.55. The molecule has 198 valence electrons. The van der Waals surface area contributed by atoms with Crippen LogP contribution in [0.2, 0.25) is 0 Å². The Bertz CT molecular complexity index is 1470. The number of likely N-dealkylation sites (tertiary alicyclic amines) is 1. The third-order valence-electron chi connectivity index (χ3n) is 8.22. The first kappa shape index (κ1) is 25.0. The van der Waals surface area contributed by atoms with E-state index in [0.717, 1.165) is 11.1 Å². The van der Waals surface area contributed by atoms with E-state index in [2.05, 4.69) is 10.6 Å². The Labute approximate surface area is 227 Å². The van der Waals surface area contributed by atoms with E-state index in [-0.39, 0.29) is 42.8 Å². The second kappa shape index (κ2) is 9.47. The zero-order valence-electron chi connectivity index (χ0n) is 21.9. The Morgan fingerprint density at radius 1 is 0.897 bits per heavy atom. The summed E-state index contributed by atoms with van der Waals surface area (Å²) in [6.07, 6.45) is 0.574. The van der Waals surface area contributed by atoms with Gasteiger partial charge in [0.15, 0.2) is 0 Å². The number of para-hydroxylation sites is 1. The molecule has 0 unspecified atom stereocenters. The molecule has 2 saturated heterocycles. The predicted octanol–water partition coefficient (Wildman–Crippen LogP) is 3.36. The van der Waals surface area contributed by atoms with Gasteiger partial charge in [-0.1, -0.05) is 73.2 Å². The van der Waals surface area contributed by atoms with Crippen molar-refractivity contribution in [3.63, 3.8) is 0 Å². The molecule has 8 nitrogen and oxygen atoms in total. The molecule has 0 aliphatic carbocycles. The first-order valence-electron chi connectivity index (χ1n) is 13.3. The summed E-state index contributed by atoms with van der Waals surface area (Å²) >= 11 is 0. The normalized spacial score (nSPS) is 25.4. The van der Waals surface area contributed by atoms with Gasteiger partial charge >= 0.3 is 0 Å². The lowest BCUT2D eigenvalue weighted by Crippen LogP contribution is -2.55. The predicted molar refractivity (Wildman–Crippen MR) is 146 cm³/mol. The van der Waals surface area contributed by atoms with Crippen LogP contribution in [-0.2, 0) is 31.3 Å². The number of carbonyl (C=O) groups is 4. The highest BCUT2D eigenvalue weighted by molar-refractivity contribution is 6.17. The topological polar surface area (TPSA) is 98.8 Å². The lowest BCUT2D eigenvalue weighted by Gasteiger charge is -2.30. The number of benzene rings is 3. The molecule has 0 bridgehead atoms. The third-order valence-corrected chi connectivity index (χ3v) is 8.22.